The minimum absolute atomic E-state index is 0.177. The molecule has 0 spiro atoms. The number of carbonyl (C=O) groups excluding carboxylic acids is 2. The Morgan fingerprint density at radius 3 is 2.57 bits per heavy atom. The van der Waals surface area contributed by atoms with Crippen LogP contribution >= 0.6 is 0 Å². The molecule has 0 saturated carbocycles. The van der Waals surface area contributed by atoms with Gasteiger partial charge < -0.3 is 9.30 Å². The average molecular weight is 217 g/mol. The first kappa shape index (κ1) is 13.2. The summed E-state index contributed by atoms with van der Waals surface area (Å²) in [6, 6.07) is 0. The number of hydrogen-bond acceptors (Lipinski definition) is 3. The van der Waals surface area contributed by atoms with E-state index in [2.05, 4.69) is 13.1 Å². The summed E-state index contributed by atoms with van der Waals surface area (Å²) in [5.41, 5.74) is 0. The molecule has 14 heavy (non-hydrogen) atoms. The van der Waals surface area contributed by atoms with Gasteiger partial charge in [0, 0.05) is 13.0 Å². The number of nitrogens with zero attached hydrogens (tertiary/aromatic N) is 1. The smallest absolute Gasteiger partial charge is 0.305 e. The van der Waals surface area contributed by atoms with E-state index >= 15 is 0 Å². The van der Waals surface area contributed by atoms with E-state index in [1.807, 2.05) is 0 Å². The molecular formula is C9H19NO3Si. The summed E-state index contributed by atoms with van der Waals surface area (Å²) in [7, 11) is -1.05. The van der Waals surface area contributed by atoms with Gasteiger partial charge in [-0.15, -0.1) is 0 Å². The Balaban J connectivity index is 3.61. The van der Waals surface area contributed by atoms with Gasteiger partial charge in [-0.1, -0.05) is 13.1 Å². The summed E-state index contributed by atoms with van der Waals surface area (Å²) in [5.74, 6) is -0.177. The number of rotatable bonds is 7. The van der Waals surface area contributed by atoms with Gasteiger partial charge in [-0.05, 0) is 13.3 Å². The lowest BCUT2D eigenvalue weighted by Crippen LogP contribution is -2.34. The minimum atomic E-state index is -1.05. The Kier molecular flexibility index (Phi) is 7.10. The quantitative estimate of drug-likeness (QED) is 0.359. The molecule has 0 atom stereocenters. The number of hydrogen-bond donors (Lipinski definition) is 0. The van der Waals surface area contributed by atoms with Crippen LogP contribution in [0, 0.1) is 0 Å². The first-order valence-corrected chi connectivity index (χ1v) is 7.81. The highest BCUT2D eigenvalue weighted by Gasteiger charge is 2.08. The molecule has 0 saturated heterocycles. The highest BCUT2D eigenvalue weighted by Crippen LogP contribution is 1.98. The Hall–Kier alpha value is -0.843. The summed E-state index contributed by atoms with van der Waals surface area (Å²) in [6.07, 6.45) is 1.98. The lowest BCUT2D eigenvalue weighted by Gasteiger charge is -2.20. The predicted molar refractivity (Wildman–Crippen MR) is 57.5 cm³/mol. The zero-order chi connectivity index (χ0) is 11.0. The molecule has 0 radical (unpaired) electrons. The van der Waals surface area contributed by atoms with Crippen molar-refractivity contribution >= 4 is 21.3 Å². The standard InChI is InChI=1S/C9H19NO3Si/c1-4-13-9(12)6-5-7-10(8-11)14(2)3/h8,14H,4-7H2,1-3H3. The normalized spacial score (nSPS) is 10.0. The van der Waals surface area contributed by atoms with Crippen molar-refractivity contribution in [3.63, 3.8) is 0 Å². The predicted octanol–water partition coefficient (Wildman–Crippen LogP) is 0.771. The van der Waals surface area contributed by atoms with Crippen molar-refractivity contribution in [3.05, 3.63) is 0 Å². The lowest BCUT2D eigenvalue weighted by molar-refractivity contribution is -0.143. The highest BCUT2D eigenvalue weighted by molar-refractivity contribution is 6.54. The van der Waals surface area contributed by atoms with E-state index < -0.39 is 8.96 Å². The third-order valence-electron chi connectivity index (χ3n) is 1.90. The second-order valence-electron chi connectivity index (χ2n) is 3.35. The highest BCUT2D eigenvalue weighted by atomic mass is 28.3. The van der Waals surface area contributed by atoms with Crippen LogP contribution in [0.1, 0.15) is 19.8 Å². The molecule has 0 aromatic heterocycles. The van der Waals surface area contributed by atoms with Gasteiger partial charge in [0.2, 0.25) is 6.41 Å². The number of carbonyl (C=O) groups is 2. The first-order valence-electron chi connectivity index (χ1n) is 4.98. The fraction of sp³-hybridized carbons (Fsp3) is 0.778. The van der Waals surface area contributed by atoms with Crippen LogP contribution in [0.4, 0.5) is 0 Å². The lowest BCUT2D eigenvalue weighted by atomic mass is 10.3. The molecule has 0 aliphatic carbocycles. The average Bonchev–Trinajstić information content (AvgIpc) is 2.12. The molecule has 0 aliphatic rings. The van der Waals surface area contributed by atoms with E-state index in [9.17, 15) is 9.59 Å². The molecule has 0 aromatic carbocycles. The molecule has 0 bridgehead atoms. The van der Waals surface area contributed by atoms with E-state index in [0.717, 1.165) is 6.41 Å². The van der Waals surface area contributed by atoms with Gasteiger partial charge >= 0.3 is 5.97 Å². The SMILES string of the molecule is CCOC(=O)CCCN(C=O)[SiH](C)C. The van der Waals surface area contributed by atoms with Crippen molar-refractivity contribution in [1.82, 2.24) is 4.57 Å². The third-order valence-corrected chi connectivity index (χ3v) is 3.61. The van der Waals surface area contributed by atoms with Crippen molar-refractivity contribution < 1.29 is 14.3 Å². The van der Waals surface area contributed by atoms with E-state index in [1.165, 1.54) is 0 Å². The van der Waals surface area contributed by atoms with Crippen molar-refractivity contribution in [2.75, 3.05) is 13.2 Å². The maximum Gasteiger partial charge on any atom is 0.305 e. The number of amides is 1. The summed E-state index contributed by atoms with van der Waals surface area (Å²) < 4.78 is 6.59. The van der Waals surface area contributed by atoms with Crippen LogP contribution in [-0.4, -0.2) is 39.1 Å². The molecule has 0 N–H and O–H groups in total. The number of esters is 1. The summed E-state index contributed by atoms with van der Waals surface area (Å²) in [4.78, 5) is 21.6. The van der Waals surface area contributed by atoms with Crippen LogP contribution in [0.25, 0.3) is 0 Å². The van der Waals surface area contributed by atoms with Crippen LogP contribution < -0.4 is 0 Å². The molecule has 4 nitrogen and oxygen atoms in total. The van der Waals surface area contributed by atoms with Crippen molar-refractivity contribution in [1.29, 1.82) is 0 Å². The van der Waals surface area contributed by atoms with Gasteiger partial charge in [-0.3, -0.25) is 9.59 Å². The van der Waals surface area contributed by atoms with Gasteiger partial charge in [0.05, 0.1) is 6.61 Å². The molecule has 1 amide bonds. The van der Waals surface area contributed by atoms with E-state index in [4.69, 9.17) is 4.74 Å². The zero-order valence-corrected chi connectivity index (χ0v) is 10.3. The number of ether oxygens (including phenoxy) is 1. The van der Waals surface area contributed by atoms with Crippen LogP contribution in [0.3, 0.4) is 0 Å². The maximum atomic E-state index is 11.0. The molecule has 0 fully saturated rings. The van der Waals surface area contributed by atoms with Gasteiger partial charge in [0.25, 0.3) is 0 Å². The Morgan fingerprint density at radius 1 is 1.50 bits per heavy atom. The monoisotopic (exact) mass is 217 g/mol. The van der Waals surface area contributed by atoms with Gasteiger partial charge in [0.15, 0.2) is 0 Å². The molecule has 0 unspecified atom stereocenters. The molecule has 82 valence electrons. The van der Waals surface area contributed by atoms with Gasteiger partial charge in [-0.25, -0.2) is 0 Å². The largest absolute Gasteiger partial charge is 0.466 e. The molecule has 0 heterocycles. The summed E-state index contributed by atoms with van der Waals surface area (Å²) in [6.45, 7) is 7.05. The first-order chi connectivity index (χ1) is 6.61. The third kappa shape index (κ3) is 5.74. The maximum absolute atomic E-state index is 11.0. The van der Waals surface area contributed by atoms with Crippen LogP contribution in [0.15, 0.2) is 0 Å². The second-order valence-corrected chi connectivity index (χ2v) is 6.20. The Bertz CT molecular complexity index is 185. The van der Waals surface area contributed by atoms with Crippen molar-refractivity contribution in [2.24, 2.45) is 0 Å². The molecule has 5 heteroatoms. The summed E-state index contributed by atoms with van der Waals surface area (Å²) in [5, 5.41) is 0. The van der Waals surface area contributed by atoms with Crippen LogP contribution in [0.5, 0.6) is 0 Å². The molecule has 0 aromatic rings. The zero-order valence-electron chi connectivity index (χ0n) is 9.16. The van der Waals surface area contributed by atoms with E-state index in [-0.39, 0.29) is 5.97 Å². The Morgan fingerprint density at radius 2 is 2.14 bits per heavy atom. The Labute approximate surface area is 86.9 Å². The molecular weight excluding hydrogens is 198 g/mol. The summed E-state index contributed by atoms with van der Waals surface area (Å²) >= 11 is 0. The van der Waals surface area contributed by atoms with Crippen molar-refractivity contribution in [3.8, 4) is 0 Å². The molecule has 0 aliphatic heterocycles. The molecule has 0 rings (SSSR count). The van der Waals surface area contributed by atoms with Crippen molar-refractivity contribution in [2.45, 2.75) is 32.9 Å². The van der Waals surface area contributed by atoms with E-state index in [1.54, 1.807) is 11.5 Å². The van der Waals surface area contributed by atoms with Crippen LogP contribution in [0.2, 0.25) is 13.1 Å². The van der Waals surface area contributed by atoms with Crippen LogP contribution in [-0.2, 0) is 14.3 Å². The minimum Gasteiger partial charge on any atom is -0.466 e. The van der Waals surface area contributed by atoms with Gasteiger partial charge in [0.1, 0.15) is 8.96 Å². The van der Waals surface area contributed by atoms with Gasteiger partial charge in [-0.2, -0.15) is 0 Å². The topological polar surface area (TPSA) is 46.6 Å². The second kappa shape index (κ2) is 7.55. The van der Waals surface area contributed by atoms with E-state index in [0.29, 0.717) is 26.0 Å². The fourth-order valence-electron chi connectivity index (χ4n) is 1.07. The fourth-order valence-corrected chi connectivity index (χ4v) is 2.01.